The molecular weight excluding hydrogens is 345 g/mol. The van der Waals surface area contributed by atoms with Crippen molar-refractivity contribution in [3.8, 4) is 11.5 Å². The number of H-pyrrole nitrogens is 1. The number of hydrogen-bond donors (Lipinski definition) is 2. The van der Waals surface area contributed by atoms with E-state index >= 15 is 0 Å². The minimum absolute atomic E-state index is 0.492. The molecule has 24 heavy (non-hydrogen) atoms. The quantitative estimate of drug-likeness (QED) is 0.639. The topological polar surface area (TPSA) is 66.5 Å². The number of imidazole rings is 1. The van der Waals surface area contributed by atoms with E-state index in [0.29, 0.717) is 5.92 Å². The lowest BCUT2D eigenvalue weighted by molar-refractivity contribution is 0.480. The monoisotopic (exact) mass is 363 g/mol. The second-order valence-corrected chi connectivity index (χ2v) is 6.53. The summed E-state index contributed by atoms with van der Waals surface area (Å²) in [4.78, 5) is 15.6. The molecule has 0 radical (unpaired) electrons. The molecule has 0 amide bonds. The normalized spacial score (nSPS) is 12.5. The van der Waals surface area contributed by atoms with Gasteiger partial charge in [0.15, 0.2) is 11.6 Å². The van der Waals surface area contributed by atoms with Crippen LogP contribution < -0.4 is 5.32 Å². The van der Waals surface area contributed by atoms with Crippen molar-refractivity contribution in [1.82, 2.24) is 19.9 Å². The number of aromatic nitrogens is 4. The largest absolute Gasteiger partial charge is 0.368 e. The molecule has 1 aromatic carbocycles. The van der Waals surface area contributed by atoms with Gasteiger partial charge in [0, 0.05) is 16.6 Å². The molecule has 2 heterocycles. The Labute approximate surface area is 151 Å². The molecule has 1 aromatic rings. The third kappa shape index (κ3) is 3.79. The first-order chi connectivity index (χ1) is 11.7. The van der Waals surface area contributed by atoms with E-state index in [1.165, 1.54) is 6.33 Å². The molecule has 2 N–H and O–H groups in total. The zero-order valence-electron chi connectivity index (χ0n) is 13.4. The number of anilines is 1. The summed E-state index contributed by atoms with van der Waals surface area (Å²) in [5.41, 5.74) is 1.80. The van der Waals surface area contributed by atoms with Crippen LogP contribution in [0.1, 0.15) is 25.3 Å². The van der Waals surface area contributed by atoms with Gasteiger partial charge in [0.05, 0.1) is 6.33 Å². The molecule has 0 spiro atoms. The highest BCUT2D eigenvalue weighted by molar-refractivity contribution is 6.35. The van der Waals surface area contributed by atoms with Crippen LogP contribution in [0.2, 0.25) is 10.0 Å². The van der Waals surface area contributed by atoms with E-state index in [2.05, 4.69) is 32.2 Å². The number of benzene rings is 1. The van der Waals surface area contributed by atoms with Gasteiger partial charge in [0.1, 0.15) is 12.0 Å². The lowest BCUT2D eigenvalue weighted by atomic mass is 9.93. The predicted octanol–water partition coefficient (Wildman–Crippen LogP) is 4.68. The molecule has 0 saturated carbocycles. The molecule has 1 unspecified atom stereocenters. The van der Waals surface area contributed by atoms with Crippen LogP contribution in [0.5, 0.6) is 0 Å². The summed E-state index contributed by atoms with van der Waals surface area (Å²) < 4.78 is 0. The molecule has 2 aliphatic rings. The Balaban J connectivity index is 1.60. The molecule has 0 aromatic heterocycles. The van der Waals surface area contributed by atoms with Gasteiger partial charge in [-0.05, 0) is 36.5 Å². The summed E-state index contributed by atoms with van der Waals surface area (Å²) in [5.74, 6) is 1.99. The zero-order valence-corrected chi connectivity index (χ0v) is 14.9. The van der Waals surface area contributed by atoms with Crippen LogP contribution in [0, 0.1) is 5.92 Å². The molecule has 2 aliphatic heterocycles. The lowest BCUT2D eigenvalue weighted by Gasteiger charge is -2.17. The van der Waals surface area contributed by atoms with Crippen LogP contribution >= 0.6 is 23.2 Å². The van der Waals surface area contributed by atoms with Gasteiger partial charge < -0.3 is 10.3 Å². The summed E-state index contributed by atoms with van der Waals surface area (Å²) in [5, 5.41) is 4.83. The number of fused-ring (bicyclic) bond motifs is 1. The van der Waals surface area contributed by atoms with E-state index in [1.807, 2.05) is 18.2 Å². The first kappa shape index (κ1) is 17.0. The van der Waals surface area contributed by atoms with Crippen molar-refractivity contribution in [2.45, 2.75) is 26.2 Å². The molecular formula is C17H19Cl2N5. The summed E-state index contributed by atoms with van der Waals surface area (Å²) in [6, 6.07) is 5.66. The molecule has 0 bridgehead atoms. The molecule has 5 nitrogen and oxygen atoms in total. The third-order valence-corrected chi connectivity index (χ3v) is 4.90. The van der Waals surface area contributed by atoms with Crippen molar-refractivity contribution in [3.63, 3.8) is 0 Å². The minimum atomic E-state index is 0.492. The smallest absolute Gasteiger partial charge is 0.162 e. The Morgan fingerprint density at radius 2 is 1.96 bits per heavy atom. The van der Waals surface area contributed by atoms with Crippen LogP contribution in [-0.4, -0.2) is 26.5 Å². The lowest BCUT2D eigenvalue weighted by Crippen LogP contribution is -2.13. The Hall–Kier alpha value is -1.85. The van der Waals surface area contributed by atoms with E-state index in [1.54, 1.807) is 6.33 Å². The van der Waals surface area contributed by atoms with Crippen molar-refractivity contribution in [2.75, 3.05) is 11.9 Å². The van der Waals surface area contributed by atoms with Crippen LogP contribution in [0.4, 0.5) is 5.82 Å². The highest BCUT2D eigenvalue weighted by atomic mass is 35.5. The van der Waals surface area contributed by atoms with E-state index in [-0.39, 0.29) is 0 Å². The Kier molecular flexibility index (Phi) is 5.53. The number of nitrogens with zero attached hydrogens (tertiary/aromatic N) is 3. The van der Waals surface area contributed by atoms with Gasteiger partial charge in [0.2, 0.25) is 0 Å². The molecule has 1 atom stereocenters. The Morgan fingerprint density at radius 3 is 2.71 bits per heavy atom. The average Bonchev–Trinajstić information content (AvgIpc) is 3.06. The Morgan fingerprint density at radius 1 is 1.17 bits per heavy atom. The fourth-order valence-corrected chi connectivity index (χ4v) is 3.31. The highest BCUT2D eigenvalue weighted by Gasteiger charge is 2.15. The fraction of sp³-hybridized carbons (Fsp3) is 0.353. The van der Waals surface area contributed by atoms with E-state index < -0.39 is 0 Å². The molecule has 126 valence electrons. The number of halogens is 2. The van der Waals surface area contributed by atoms with Gasteiger partial charge in [0.25, 0.3) is 0 Å². The standard InChI is InChI=1S/C17H19Cl2N5/c1-2-11(8-12-13(18)4-3-5-14(12)19)6-7-20-16-15-17(22-9-21-15)24-10-23-16/h3-5,9-11H,2,6-8H2,1H3,(H2,20,21,22,23,24). The molecule has 3 rings (SSSR count). The first-order valence-electron chi connectivity index (χ1n) is 8.00. The number of nitrogens with one attached hydrogen (secondary N) is 2. The van der Waals surface area contributed by atoms with Gasteiger partial charge in [-0.15, -0.1) is 0 Å². The van der Waals surface area contributed by atoms with Crippen molar-refractivity contribution in [3.05, 3.63) is 46.5 Å². The summed E-state index contributed by atoms with van der Waals surface area (Å²) in [6.07, 6.45) is 6.08. The summed E-state index contributed by atoms with van der Waals surface area (Å²) in [6.45, 7) is 2.99. The fourth-order valence-electron chi connectivity index (χ4n) is 2.76. The summed E-state index contributed by atoms with van der Waals surface area (Å²) >= 11 is 12.6. The van der Waals surface area contributed by atoms with Gasteiger partial charge in [-0.1, -0.05) is 42.6 Å². The zero-order chi connectivity index (χ0) is 16.9. The van der Waals surface area contributed by atoms with Gasteiger partial charge >= 0.3 is 0 Å². The molecule has 7 heteroatoms. The van der Waals surface area contributed by atoms with Crippen molar-refractivity contribution < 1.29 is 0 Å². The van der Waals surface area contributed by atoms with E-state index in [0.717, 1.165) is 58.8 Å². The maximum absolute atomic E-state index is 6.28. The van der Waals surface area contributed by atoms with E-state index in [4.69, 9.17) is 23.2 Å². The minimum Gasteiger partial charge on any atom is -0.368 e. The molecule has 0 fully saturated rings. The van der Waals surface area contributed by atoms with E-state index in [9.17, 15) is 0 Å². The third-order valence-electron chi connectivity index (χ3n) is 4.19. The average molecular weight is 364 g/mol. The molecule has 0 saturated heterocycles. The van der Waals surface area contributed by atoms with Gasteiger partial charge in [-0.25, -0.2) is 15.0 Å². The van der Waals surface area contributed by atoms with Crippen LogP contribution in [-0.2, 0) is 6.42 Å². The SMILES string of the molecule is CCC(CCNc1nc[nH]c2ncnc1-2)Cc1c(Cl)cccc1Cl. The van der Waals surface area contributed by atoms with Crippen LogP contribution in [0.3, 0.4) is 0 Å². The maximum atomic E-state index is 6.28. The van der Waals surface area contributed by atoms with Gasteiger partial charge in [-0.2, -0.15) is 0 Å². The number of rotatable bonds is 7. The second kappa shape index (κ2) is 7.81. The number of hydrogen-bond acceptors (Lipinski definition) is 4. The number of aromatic amines is 1. The Bertz CT molecular complexity index is 753. The van der Waals surface area contributed by atoms with Crippen molar-refractivity contribution in [1.29, 1.82) is 0 Å². The van der Waals surface area contributed by atoms with Crippen LogP contribution in [0.25, 0.3) is 11.5 Å². The predicted molar refractivity (Wildman–Crippen MR) is 97.9 cm³/mol. The molecule has 0 aliphatic carbocycles. The maximum Gasteiger partial charge on any atom is 0.162 e. The highest BCUT2D eigenvalue weighted by Crippen LogP contribution is 2.29. The van der Waals surface area contributed by atoms with Crippen molar-refractivity contribution in [2.24, 2.45) is 5.92 Å². The van der Waals surface area contributed by atoms with Crippen LogP contribution in [0.15, 0.2) is 30.9 Å². The van der Waals surface area contributed by atoms with Crippen molar-refractivity contribution >= 4 is 29.0 Å². The van der Waals surface area contributed by atoms with Gasteiger partial charge in [-0.3, -0.25) is 0 Å². The summed E-state index contributed by atoms with van der Waals surface area (Å²) in [7, 11) is 0. The first-order valence-corrected chi connectivity index (χ1v) is 8.75. The second-order valence-electron chi connectivity index (χ2n) is 5.72.